The number of alkyl carbamates (subject to hydrolysis) is 1. The molecule has 0 aliphatic heterocycles. The smallest absolute Gasteiger partial charge is 0.407 e. The van der Waals surface area contributed by atoms with Crippen LogP contribution >= 0.6 is 0 Å². The summed E-state index contributed by atoms with van der Waals surface area (Å²) >= 11 is 0. The first-order chi connectivity index (χ1) is 10.1. The molecule has 1 amide bonds. The van der Waals surface area contributed by atoms with Crippen LogP contribution in [0.3, 0.4) is 0 Å². The number of nitrogens with two attached hydrogens (primary N) is 1. The van der Waals surface area contributed by atoms with Gasteiger partial charge in [-0.3, -0.25) is 0 Å². The van der Waals surface area contributed by atoms with Crippen molar-refractivity contribution in [3.63, 3.8) is 0 Å². The lowest BCUT2D eigenvalue weighted by molar-refractivity contribution is 0.0506. The minimum absolute atomic E-state index is 0.246. The molecule has 0 aliphatic rings. The third kappa shape index (κ3) is 5.89. The number of anilines is 1. The number of amides is 1. The highest BCUT2D eigenvalue weighted by Crippen LogP contribution is 2.19. The van der Waals surface area contributed by atoms with E-state index in [-0.39, 0.29) is 18.4 Å². The van der Waals surface area contributed by atoms with Gasteiger partial charge in [-0.05, 0) is 44.9 Å². The van der Waals surface area contributed by atoms with Crippen LogP contribution in [0, 0.1) is 5.82 Å². The van der Waals surface area contributed by atoms with Crippen molar-refractivity contribution in [1.29, 1.82) is 0 Å². The average Bonchev–Trinajstić information content (AvgIpc) is 2.35. The molecule has 0 bridgehead atoms. The van der Waals surface area contributed by atoms with Crippen molar-refractivity contribution in [1.82, 2.24) is 5.32 Å². The summed E-state index contributed by atoms with van der Waals surface area (Å²) in [5.74, 6) is -0.296. The Morgan fingerprint density at radius 3 is 2.50 bits per heavy atom. The highest BCUT2D eigenvalue weighted by molar-refractivity contribution is 5.68. The van der Waals surface area contributed by atoms with Gasteiger partial charge in [-0.15, -0.1) is 0 Å². The predicted molar refractivity (Wildman–Crippen MR) is 86.6 cm³/mol. The van der Waals surface area contributed by atoms with E-state index in [0.29, 0.717) is 12.1 Å². The number of nitrogens with zero attached hydrogens (tertiary/aromatic N) is 1. The van der Waals surface area contributed by atoms with Gasteiger partial charge in [-0.25, -0.2) is 9.18 Å². The Bertz CT molecular complexity index is 513. The van der Waals surface area contributed by atoms with Gasteiger partial charge in [0.15, 0.2) is 0 Å². The molecule has 0 aliphatic carbocycles. The Morgan fingerprint density at radius 2 is 2.05 bits per heavy atom. The van der Waals surface area contributed by atoms with Crippen molar-refractivity contribution in [2.24, 2.45) is 5.73 Å². The Balaban J connectivity index is 2.70. The van der Waals surface area contributed by atoms with Gasteiger partial charge in [0.25, 0.3) is 0 Å². The lowest BCUT2D eigenvalue weighted by atomic mass is 10.1. The maximum absolute atomic E-state index is 14.0. The van der Waals surface area contributed by atoms with E-state index in [1.807, 2.05) is 6.07 Å². The van der Waals surface area contributed by atoms with E-state index in [9.17, 15) is 9.18 Å². The van der Waals surface area contributed by atoms with E-state index < -0.39 is 11.7 Å². The summed E-state index contributed by atoms with van der Waals surface area (Å²) in [5, 5.41) is 2.71. The molecule has 0 radical (unpaired) electrons. The van der Waals surface area contributed by atoms with E-state index in [2.05, 4.69) is 5.32 Å². The molecule has 0 spiro atoms. The first-order valence-electron chi connectivity index (χ1n) is 7.27. The van der Waals surface area contributed by atoms with Crippen LogP contribution in [0.1, 0.15) is 26.3 Å². The number of rotatable bonds is 5. The quantitative estimate of drug-likeness (QED) is 0.875. The Hall–Kier alpha value is -1.82. The van der Waals surface area contributed by atoms with E-state index >= 15 is 0 Å². The van der Waals surface area contributed by atoms with Gasteiger partial charge < -0.3 is 20.7 Å². The highest BCUT2D eigenvalue weighted by Gasteiger charge is 2.19. The molecule has 1 aromatic rings. The largest absolute Gasteiger partial charge is 0.444 e. The van der Waals surface area contributed by atoms with Gasteiger partial charge in [-0.2, -0.15) is 0 Å². The molecular formula is C16H26FN3O2. The minimum Gasteiger partial charge on any atom is -0.444 e. The molecule has 3 N–H and O–H groups in total. The van der Waals surface area contributed by atoms with Crippen molar-refractivity contribution < 1.29 is 13.9 Å². The van der Waals surface area contributed by atoms with Crippen molar-refractivity contribution in [2.45, 2.75) is 38.8 Å². The monoisotopic (exact) mass is 311 g/mol. The predicted octanol–water partition coefficient (Wildman–Crippen LogP) is 2.29. The van der Waals surface area contributed by atoms with Gasteiger partial charge in [0.1, 0.15) is 11.4 Å². The summed E-state index contributed by atoms with van der Waals surface area (Å²) in [6, 6.07) is 4.71. The fraction of sp³-hybridized carbons (Fsp3) is 0.562. The van der Waals surface area contributed by atoms with Crippen molar-refractivity contribution in [3.8, 4) is 0 Å². The first-order valence-corrected chi connectivity index (χ1v) is 7.27. The van der Waals surface area contributed by atoms with Crippen molar-refractivity contribution in [3.05, 3.63) is 29.6 Å². The van der Waals surface area contributed by atoms with Gasteiger partial charge in [0, 0.05) is 26.7 Å². The molecule has 0 saturated carbocycles. The number of carbonyl (C=O) groups excluding carboxylic acids is 1. The normalized spacial score (nSPS) is 12.7. The molecule has 6 heteroatoms. The Morgan fingerprint density at radius 1 is 1.41 bits per heavy atom. The van der Waals surface area contributed by atoms with E-state index in [1.165, 1.54) is 6.07 Å². The molecule has 0 aromatic heterocycles. The third-order valence-corrected chi connectivity index (χ3v) is 2.98. The molecule has 1 unspecified atom stereocenters. The lowest BCUT2D eigenvalue weighted by Gasteiger charge is -2.23. The van der Waals surface area contributed by atoms with Gasteiger partial charge in [-0.1, -0.05) is 6.07 Å². The molecule has 22 heavy (non-hydrogen) atoms. The Kier molecular flexibility index (Phi) is 6.17. The molecule has 0 fully saturated rings. The molecular weight excluding hydrogens is 285 g/mol. The summed E-state index contributed by atoms with van der Waals surface area (Å²) in [7, 11) is 3.57. The maximum atomic E-state index is 14.0. The molecule has 1 aromatic carbocycles. The van der Waals surface area contributed by atoms with Crippen LogP contribution in [0.5, 0.6) is 0 Å². The maximum Gasteiger partial charge on any atom is 0.407 e. The molecule has 1 rings (SSSR count). The molecule has 5 nitrogen and oxygen atoms in total. The topological polar surface area (TPSA) is 67.6 Å². The average molecular weight is 311 g/mol. The van der Waals surface area contributed by atoms with Crippen LogP contribution in [0.4, 0.5) is 14.9 Å². The zero-order valence-corrected chi connectivity index (χ0v) is 13.9. The van der Waals surface area contributed by atoms with Crippen LogP contribution in [0.25, 0.3) is 0 Å². The van der Waals surface area contributed by atoms with E-state index in [4.69, 9.17) is 10.5 Å². The van der Waals surface area contributed by atoms with Crippen LogP contribution in [0.2, 0.25) is 0 Å². The molecule has 0 heterocycles. The third-order valence-electron chi connectivity index (χ3n) is 2.98. The summed E-state index contributed by atoms with van der Waals surface area (Å²) in [6.07, 6.45) is -0.0752. The molecule has 1 atom stereocenters. The number of nitrogens with one attached hydrogen (secondary N) is 1. The second-order valence-electron chi connectivity index (χ2n) is 6.46. The SMILES string of the molecule is CN(C)c1ccc(CC(CN)NC(=O)OC(C)(C)C)cc1F. The number of hydrogen-bond acceptors (Lipinski definition) is 4. The number of ether oxygens (including phenoxy) is 1. The summed E-state index contributed by atoms with van der Waals surface area (Å²) in [6.45, 7) is 5.62. The van der Waals surface area contributed by atoms with Crippen LogP contribution < -0.4 is 16.0 Å². The lowest BCUT2D eigenvalue weighted by Crippen LogP contribution is -2.44. The van der Waals surface area contributed by atoms with Gasteiger partial charge in [0.2, 0.25) is 0 Å². The summed E-state index contributed by atoms with van der Waals surface area (Å²) in [5.41, 5.74) is 6.40. The van der Waals surface area contributed by atoms with E-state index in [1.54, 1.807) is 45.8 Å². The highest BCUT2D eigenvalue weighted by atomic mass is 19.1. The molecule has 124 valence electrons. The summed E-state index contributed by atoms with van der Waals surface area (Å²) < 4.78 is 19.2. The zero-order chi connectivity index (χ0) is 16.9. The van der Waals surface area contributed by atoms with Gasteiger partial charge >= 0.3 is 6.09 Å². The van der Waals surface area contributed by atoms with Crippen molar-refractivity contribution >= 4 is 11.8 Å². The van der Waals surface area contributed by atoms with Crippen molar-refractivity contribution in [2.75, 3.05) is 25.5 Å². The van der Waals surface area contributed by atoms with Crippen LogP contribution in [0.15, 0.2) is 18.2 Å². The number of benzene rings is 1. The first kappa shape index (κ1) is 18.2. The Labute approximate surface area is 131 Å². The standard InChI is InChI=1S/C16H26FN3O2/c1-16(2,3)22-15(21)19-12(10-18)8-11-6-7-14(20(4)5)13(17)9-11/h6-7,9,12H,8,10,18H2,1-5H3,(H,19,21). The fourth-order valence-electron chi connectivity index (χ4n) is 1.99. The zero-order valence-electron chi connectivity index (χ0n) is 13.9. The number of carbonyl (C=O) groups is 1. The van der Waals surface area contributed by atoms with E-state index in [0.717, 1.165) is 5.56 Å². The summed E-state index contributed by atoms with van der Waals surface area (Å²) in [4.78, 5) is 13.5. The van der Waals surface area contributed by atoms with Crippen LogP contribution in [-0.4, -0.2) is 38.4 Å². The van der Waals surface area contributed by atoms with Gasteiger partial charge in [0.05, 0.1) is 5.69 Å². The molecule has 0 saturated heterocycles. The second-order valence-corrected chi connectivity index (χ2v) is 6.46. The fourth-order valence-corrected chi connectivity index (χ4v) is 1.99. The minimum atomic E-state index is -0.567. The van der Waals surface area contributed by atoms with Crippen LogP contribution in [-0.2, 0) is 11.2 Å². The number of hydrogen-bond donors (Lipinski definition) is 2. The second kappa shape index (κ2) is 7.45. The number of halogens is 1.